The third kappa shape index (κ3) is 14.2. The lowest BCUT2D eigenvalue weighted by atomic mass is 9.71. The molecule has 2 aliphatic rings. The number of hydrogen-bond donors (Lipinski definition) is 3. The van der Waals surface area contributed by atoms with E-state index < -0.39 is 0 Å². The number of aryl methyl sites for hydroxylation is 1. The normalized spacial score (nSPS) is 14.9. The van der Waals surface area contributed by atoms with Crippen LogP contribution in [0.25, 0.3) is 22.4 Å². The molecule has 3 heterocycles. The number of unbranched alkanes of at least 4 members (excludes halogenated alkanes) is 1. The van der Waals surface area contributed by atoms with Gasteiger partial charge in [0.25, 0.3) is 0 Å². The Kier molecular flexibility index (Phi) is 19.7. The fourth-order valence-electron chi connectivity index (χ4n) is 9.25. The number of nitrogens with zero attached hydrogens (tertiary/aromatic N) is 4. The lowest BCUT2D eigenvalue weighted by molar-refractivity contribution is 0.313. The number of H-pyrrole nitrogens is 1. The van der Waals surface area contributed by atoms with Crippen molar-refractivity contribution < 1.29 is 0 Å². The summed E-state index contributed by atoms with van der Waals surface area (Å²) >= 11 is 0. The van der Waals surface area contributed by atoms with Crippen LogP contribution < -0.4 is 20.9 Å². The van der Waals surface area contributed by atoms with Crippen molar-refractivity contribution in [1.82, 2.24) is 14.9 Å². The highest BCUT2D eigenvalue weighted by atomic mass is 15.3. The first-order valence-corrected chi connectivity index (χ1v) is 25.6. The summed E-state index contributed by atoms with van der Waals surface area (Å²) in [5.41, 5.74) is 18.7. The van der Waals surface area contributed by atoms with Gasteiger partial charge < -0.3 is 30.7 Å². The van der Waals surface area contributed by atoms with Crippen LogP contribution in [-0.4, -0.2) is 61.7 Å². The minimum atomic E-state index is -0.121. The van der Waals surface area contributed by atoms with Crippen LogP contribution in [0.1, 0.15) is 107 Å². The standard InChI is InChI=1S/C27H30N6.C20H18.C10H23N.C5H10/c1-18-4-6-19(7-5-18)26-28-22-10-8-20(16-24(22)29-26)27-30-23-11-9-21(17-25(23)32(27)3)33-14-12-31(2)13-15-33;1-20(17-11-5-2-6-12-17,18-13-7-3-8-14-18)19-15-9-4-10-16-19;1-9(2)5-4-6-10(3)7-8-11;1-3-5-4-2/h4-11,16-17,27,30H,12-15H2,1-3H3,(H,28,29);2-16H,1H3;9-10H,4-8,11H2,1-3H3;3H,1,4-5H2,2H3. The second-order valence-corrected chi connectivity index (χ2v) is 19.7. The van der Waals surface area contributed by atoms with Gasteiger partial charge in [0.1, 0.15) is 12.0 Å². The highest BCUT2D eigenvalue weighted by Crippen LogP contribution is 2.43. The van der Waals surface area contributed by atoms with E-state index in [9.17, 15) is 0 Å². The summed E-state index contributed by atoms with van der Waals surface area (Å²) in [5, 5.41) is 3.71. The molecule has 1 fully saturated rings. The molecular formula is C62H81N7. The summed E-state index contributed by atoms with van der Waals surface area (Å²) in [5.74, 6) is 2.61. The van der Waals surface area contributed by atoms with Crippen molar-refractivity contribution in [3.63, 3.8) is 0 Å². The van der Waals surface area contributed by atoms with E-state index in [4.69, 9.17) is 10.7 Å². The fraction of sp³-hybridized carbons (Fsp3) is 0.371. The molecule has 4 N–H and O–H groups in total. The first-order chi connectivity index (χ1) is 33.4. The Balaban J connectivity index is 0.000000184. The molecule has 9 rings (SSSR count). The molecular weight excluding hydrogens is 843 g/mol. The number of nitrogens with two attached hydrogens (primary N) is 1. The summed E-state index contributed by atoms with van der Waals surface area (Å²) in [6.07, 6.45) is 9.70. The molecule has 2 atom stereocenters. The molecule has 0 radical (unpaired) electrons. The topological polar surface area (TPSA) is 76.5 Å². The van der Waals surface area contributed by atoms with Crippen LogP contribution in [0.3, 0.4) is 0 Å². The molecule has 0 amide bonds. The zero-order valence-electron chi connectivity index (χ0n) is 43.1. The van der Waals surface area contributed by atoms with Crippen LogP contribution >= 0.6 is 0 Å². The number of hydrogen-bond acceptors (Lipinski definition) is 6. The van der Waals surface area contributed by atoms with Crippen molar-refractivity contribution in [1.29, 1.82) is 0 Å². The number of nitrogens with one attached hydrogen (secondary N) is 2. The maximum absolute atomic E-state index is 5.46. The minimum absolute atomic E-state index is 0.0956. The van der Waals surface area contributed by atoms with E-state index >= 15 is 0 Å². The monoisotopic (exact) mass is 924 g/mol. The number of allylic oxidation sites excluding steroid dienone is 1. The molecule has 69 heavy (non-hydrogen) atoms. The van der Waals surface area contributed by atoms with Crippen LogP contribution in [0.2, 0.25) is 0 Å². The maximum Gasteiger partial charge on any atom is 0.138 e. The van der Waals surface area contributed by atoms with Crippen LogP contribution in [-0.2, 0) is 5.41 Å². The Morgan fingerprint density at radius 1 is 0.739 bits per heavy atom. The largest absolute Gasteiger partial charge is 0.369 e. The van der Waals surface area contributed by atoms with Crippen molar-refractivity contribution >= 4 is 28.1 Å². The summed E-state index contributed by atoms with van der Waals surface area (Å²) in [7, 11) is 4.37. The Labute approximate surface area is 415 Å². The molecule has 0 saturated carbocycles. The number of anilines is 3. The summed E-state index contributed by atoms with van der Waals surface area (Å²) in [4.78, 5) is 15.6. The number of rotatable bonds is 14. The SMILES string of the molecule is C=CCCC.CC(C)CCCC(C)CCN.CC(c1ccccc1)(c1ccccc1)c1ccccc1.Cc1ccc(-c2nc3ccc(C4Nc5ccc(N6CCN(C)CC6)cc5N4C)cc3[nH]2)cc1. The molecule has 0 bridgehead atoms. The van der Waals surface area contributed by atoms with E-state index in [0.29, 0.717) is 0 Å². The maximum atomic E-state index is 5.46. The Morgan fingerprint density at radius 2 is 1.33 bits per heavy atom. The number of imidazole rings is 1. The van der Waals surface area contributed by atoms with Gasteiger partial charge in [-0.2, -0.15) is 0 Å². The number of aromatic amines is 1. The quantitative estimate of drug-likeness (QED) is 0.0745. The van der Waals surface area contributed by atoms with Crippen molar-refractivity contribution in [2.45, 2.75) is 91.6 Å². The number of benzene rings is 6. The average molecular weight is 924 g/mol. The first kappa shape index (κ1) is 52.2. The smallest absolute Gasteiger partial charge is 0.138 e. The van der Waals surface area contributed by atoms with E-state index in [1.165, 1.54) is 77.0 Å². The molecule has 1 saturated heterocycles. The molecule has 6 aromatic carbocycles. The first-order valence-electron chi connectivity index (χ1n) is 25.6. The third-order valence-electron chi connectivity index (χ3n) is 13.7. The molecule has 2 aliphatic heterocycles. The lowest BCUT2D eigenvalue weighted by Crippen LogP contribution is -2.44. The number of fused-ring (bicyclic) bond motifs is 2. The summed E-state index contributed by atoms with van der Waals surface area (Å²) in [6, 6.07) is 53.9. The Hall–Kier alpha value is -6.15. The molecule has 7 heteroatoms. The molecule has 7 aromatic rings. The van der Waals surface area contributed by atoms with Gasteiger partial charge in [0.15, 0.2) is 0 Å². The summed E-state index contributed by atoms with van der Waals surface area (Å²) < 4.78 is 0. The van der Waals surface area contributed by atoms with Gasteiger partial charge >= 0.3 is 0 Å². The number of aromatic nitrogens is 2. The van der Waals surface area contributed by atoms with Crippen LogP contribution in [0.15, 0.2) is 164 Å². The fourth-order valence-corrected chi connectivity index (χ4v) is 9.25. The third-order valence-corrected chi connectivity index (χ3v) is 13.7. The highest BCUT2D eigenvalue weighted by Gasteiger charge is 2.31. The zero-order valence-corrected chi connectivity index (χ0v) is 43.1. The van der Waals surface area contributed by atoms with E-state index in [-0.39, 0.29) is 11.6 Å². The van der Waals surface area contributed by atoms with Gasteiger partial charge in [-0.1, -0.05) is 186 Å². The van der Waals surface area contributed by atoms with E-state index in [2.05, 4.69) is 239 Å². The van der Waals surface area contributed by atoms with E-state index in [1.54, 1.807) is 0 Å². The predicted molar refractivity (Wildman–Crippen MR) is 299 cm³/mol. The number of likely N-dealkylation sites (N-methyl/N-ethyl adjacent to an activating group) is 1. The average Bonchev–Trinajstić information content (AvgIpc) is 3.96. The van der Waals surface area contributed by atoms with Crippen molar-refractivity contribution in [2.75, 3.05) is 61.9 Å². The van der Waals surface area contributed by atoms with Crippen molar-refractivity contribution in [3.8, 4) is 11.4 Å². The summed E-state index contributed by atoms with van der Waals surface area (Å²) in [6.45, 7) is 22.2. The van der Waals surface area contributed by atoms with Crippen LogP contribution in [0.4, 0.5) is 17.1 Å². The molecule has 364 valence electrons. The molecule has 0 spiro atoms. The van der Waals surface area contributed by atoms with Gasteiger partial charge in [-0.05, 0) is 105 Å². The second kappa shape index (κ2) is 26.0. The van der Waals surface area contributed by atoms with Crippen molar-refractivity contribution in [3.05, 3.63) is 192 Å². The minimum Gasteiger partial charge on any atom is -0.369 e. The second-order valence-electron chi connectivity index (χ2n) is 19.7. The lowest BCUT2D eigenvalue weighted by Gasteiger charge is -2.34. The van der Waals surface area contributed by atoms with Crippen LogP contribution in [0, 0.1) is 18.8 Å². The van der Waals surface area contributed by atoms with Gasteiger partial charge in [0.2, 0.25) is 0 Å². The predicted octanol–water partition coefficient (Wildman–Crippen LogP) is 14.7. The molecule has 1 aromatic heterocycles. The molecule has 2 unspecified atom stereocenters. The van der Waals surface area contributed by atoms with Gasteiger partial charge in [-0.3, -0.25) is 0 Å². The number of piperazine rings is 1. The van der Waals surface area contributed by atoms with E-state index in [0.717, 1.165) is 73.4 Å². The van der Waals surface area contributed by atoms with E-state index in [1.807, 2.05) is 6.08 Å². The highest BCUT2D eigenvalue weighted by molar-refractivity contribution is 5.83. The van der Waals surface area contributed by atoms with Crippen molar-refractivity contribution in [2.24, 2.45) is 17.6 Å². The zero-order chi connectivity index (χ0) is 49.2. The van der Waals surface area contributed by atoms with Gasteiger partial charge in [0, 0.05) is 49.9 Å². The van der Waals surface area contributed by atoms with Gasteiger partial charge in [0.05, 0.1) is 22.4 Å². The Morgan fingerprint density at radius 3 is 1.86 bits per heavy atom. The van der Waals surface area contributed by atoms with Gasteiger partial charge in [-0.15, -0.1) is 6.58 Å². The molecule has 0 aliphatic carbocycles. The van der Waals surface area contributed by atoms with Crippen LogP contribution in [0.5, 0.6) is 0 Å². The molecule has 7 nitrogen and oxygen atoms in total. The van der Waals surface area contributed by atoms with Gasteiger partial charge in [-0.25, -0.2) is 4.98 Å². The Bertz CT molecular complexity index is 2460.